The van der Waals surface area contributed by atoms with E-state index in [1.165, 1.54) is 0 Å². The second-order valence-electron chi connectivity index (χ2n) is 3.15. The molecule has 0 spiro atoms. The molecule has 0 heterocycles. The molecule has 0 aromatic rings. The van der Waals surface area contributed by atoms with Gasteiger partial charge in [0.2, 0.25) is 0 Å². The van der Waals surface area contributed by atoms with Gasteiger partial charge in [0.1, 0.15) is 0 Å². The van der Waals surface area contributed by atoms with Crippen LogP contribution in [0, 0.1) is 24.7 Å². The van der Waals surface area contributed by atoms with Crippen LogP contribution in [-0.2, 0) is 0 Å². The smallest absolute Gasteiger partial charge is 0.329 e. The molecule has 12 heavy (non-hydrogen) atoms. The van der Waals surface area contributed by atoms with Crippen molar-refractivity contribution in [2.75, 3.05) is 0 Å². The Morgan fingerprint density at radius 3 is 0.750 bits per heavy atom. The van der Waals surface area contributed by atoms with E-state index in [0.29, 0.717) is 0 Å². The molecule has 0 rings (SSSR count). The fraction of sp³-hybridized carbons (Fsp3) is 0.800. The van der Waals surface area contributed by atoms with E-state index in [0.717, 1.165) is 11.8 Å². The Morgan fingerprint density at radius 2 is 0.750 bits per heavy atom. The van der Waals surface area contributed by atoms with E-state index >= 15 is 0 Å². The van der Waals surface area contributed by atoms with Crippen LogP contribution in [0.5, 0.6) is 0 Å². The van der Waals surface area contributed by atoms with Crippen LogP contribution in [0.15, 0.2) is 0 Å². The Hall–Kier alpha value is 3.27. The number of hydrogen-bond donors (Lipinski definition) is 0. The van der Waals surface area contributed by atoms with Crippen molar-refractivity contribution in [3.8, 4) is 0 Å². The largest absolute Gasteiger partial charge is 1.00 e. The summed E-state index contributed by atoms with van der Waals surface area (Å²) < 4.78 is 0. The fourth-order valence-electron chi connectivity index (χ4n) is 0. The molecule has 0 bridgehead atoms. The summed E-state index contributed by atoms with van der Waals surface area (Å²) in [5.74, 6) is 1.52. The molecule has 0 aliphatic carbocycles. The van der Waals surface area contributed by atoms with Gasteiger partial charge in [-0.25, -0.2) is 0 Å². The summed E-state index contributed by atoms with van der Waals surface area (Å²) in [6.07, 6.45) is 4.33. The summed E-state index contributed by atoms with van der Waals surface area (Å²) in [6, 6.07) is 0. The van der Waals surface area contributed by atoms with Crippen LogP contribution in [0.2, 0.25) is 0 Å². The van der Waals surface area contributed by atoms with E-state index in [-0.39, 0.29) is 103 Å². The van der Waals surface area contributed by atoms with Gasteiger partial charge in [-0.3, -0.25) is 0 Å². The van der Waals surface area contributed by atoms with Crippen LogP contribution in [0.25, 0.3) is 0 Å². The van der Waals surface area contributed by atoms with Crippen molar-refractivity contribution in [3.63, 3.8) is 0 Å². The molecule has 0 saturated heterocycles. The first-order valence-corrected chi connectivity index (χ1v) is 4.13. The van der Waals surface area contributed by atoms with Gasteiger partial charge < -0.3 is 12.8 Å². The van der Waals surface area contributed by atoms with Gasteiger partial charge in [-0.15, -0.1) is 0 Å². The molecule has 0 aromatic carbocycles. The molecule has 64 valence electrons. The second kappa shape index (κ2) is 19.8. The third-order valence-corrected chi connectivity index (χ3v) is 1.33. The van der Waals surface area contributed by atoms with Gasteiger partial charge in [0.25, 0.3) is 0 Å². The van der Waals surface area contributed by atoms with Crippen LogP contribution >= 0.6 is 0 Å². The molecular formula is C10H22K2. The number of hydrogen-bond acceptors (Lipinski definition) is 0. The van der Waals surface area contributed by atoms with Crippen molar-refractivity contribution in [1.82, 2.24) is 0 Å². The Kier molecular flexibility index (Phi) is 40.4. The van der Waals surface area contributed by atoms with Crippen LogP contribution in [0.3, 0.4) is 0 Å². The molecule has 2 heteroatoms. The van der Waals surface area contributed by atoms with E-state index in [1.807, 2.05) is 0 Å². The molecule has 0 fully saturated rings. The maximum absolute atomic E-state index is 2.17. The van der Waals surface area contributed by atoms with Gasteiger partial charge in [-0.2, -0.15) is 25.7 Å². The summed E-state index contributed by atoms with van der Waals surface area (Å²) >= 11 is 0. The molecule has 0 aliphatic heterocycles. The first-order chi connectivity index (χ1) is 4.54. The molecule has 0 radical (unpaired) electrons. The Labute approximate surface area is 165 Å². The Bertz CT molecular complexity index is 43.8. The van der Waals surface area contributed by atoms with Crippen molar-refractivity contribution in [1.29, 1.82) is 0 Å². The van der Waals surface area contributed by atoms with E-state index in [2.05, 4.69) is 54.4 Å². The van der Waals surface area contributed by atoms with Crippen molar-refractivity contribution in [2.45, 2.75) is 41.5 Å². The first-order valence-electron chi connectivity index (χ1n) is 4.13. The third kappa shape index (κ3) is 37.8. The molecule has 0 aromatic heterocycles. The zero-order valence-corrected chi connectivity index (χ0v) is 16.6. The second-order valence-corrected chi connectivity index (χ2v) is 3.15. The zero-order valence-electron chi connectivity index (χ0n) is 10.3. The maximum Gasteiger partial charge on any atom is 1.00 e. The quantitative estimate of drug-likeness (QED) is 0.364. The molecule has 0 aliphatic rings. The van der Waals surface area contributed by atoms with Crippen molar-refractivity contribution < 1.29 is 103 Å². The molecule has 0 amide bonds. The van der Waals surface area contributed by atoms with Gasteiger partial charge in [-0.1, -0.05) is 27.7 Å². The average molecular weight is 220 g/mol. The fourth-order valence-corrected chi connectivity index (χ4v) is 0. The molecule has 0 atom stereocenters. The third-order valence-electron chi connectivity index (χ3n) is 1.33. The Balaban J connectivity index is -0.0000000457. The van der Waals surface area contributed by atoms with Gasteiger partial charge in [-0.05, 0) is 0 Å². The van der Waals surface area contributed by atoms with Gasteiger partial charge in [0, 0.05) is 0 Å². The maximum atomic E-state index is 2.17. The summed E-state index contributed by atoms with van der Waals surface area (Å²) in [6.45, 7) is 12.8. The monoisotopic (exact) mass is 220 g/mol. The van der Waals surface area contributed by atoms with Crippen LogP contribution in [0.4, 0.5) is 0 Å². The number of rotatable bonds is 2. The summed E-state index contributed by atoms with van der Waals surface area (Å²) in [5.41, 5.74) is 0. The van der Waals surface area contributed by atoms with Crippen molar-refractivity contribution in [2.24, 2.45) is 11.8 Å². The van der Waals surface area contributed by atoms with Gasteiger partial charge in [0.15, 0.2) is 0 Å². The van der Waals surface area contributed by atoms with Crippen LogP contribution < -0.4 is 103 Å². The van der Waals surface area contributed by atoms with E-state index in [4.69, 9.17) is 0 Å². The van der Waals surface area contributed by atoms with Crippen LogP contribution in [0.1, 0.15) is 41.5 Å². The molecular weight excluding hydrogens is 198 g/mol. The van der Waals surface area contributed by atoms with E-state index in [9.17, 15) is 0 Å². The predicted molar refractivity (Wildman–Crippen MR) is 49.6 cm³/mol. The van der Waals surface area contributed by atoms with Gasteiger partial charge >= 0.3 is 103 Å². The normalized spacial score (nSPS) is 8.00. The summed E-state index contributed by atoms with van der Waals surface area (Å²) in [7, 11) is 0. The zero-order chi connectivity index (χ0) is 8.57. The first kappa shape index (κ1) is 24.5. The summed E-state index contributed by atoms with van der Waals surface area (Å²) in [5, 5.41) is 0. The van der Waals surface area contributed by atoms with E-state index in [1.54, 1.807) is 0 Å². The topological polar surface area (TPSA) is 0 Å². The SMILES string of the molecule is C[CH-]C(C)C.C[CH-]C(C)C.[K+].[K+]. The average Bonchev–Trinajstić information content (AvgIpc) is 1.89. The molecule has 0 N–H and O–H groups in total. The molecule has 0 saturated carbocycles. The van der Waals surface area contributed by atoms with Gasteiger partial charge in [0.05, 0.1) is 0 Å². The van der Waals surface area contributed by atoms with E-state index < -0.39 is 0 Å². The molecule has 0 unspecified atom stereocenters. The minimum atomic E-state index is 0. The predicted octanol–water partition coefficient (Wildman–Crippen LogP) is -2.26. The standard InChI is InChI=1S/2C5H11.2K/c2*1-4-5(2)3;;/h2*4-5H,1-3H3;;/q2*-1;2*+1. The van der Waals surface area contributed by atoms with Crippen LogP contribution in [-0.4, -0.2) is 0 Å². The molecule has 0 nitrogen and oxygen atoms in total. The minimum absolute atomic E-state index is 0. The Morgan fingerprint density at radius 1 is 0.667 bits per heavy atom. The van der Waals surface area contributed by atoms with Crippen molar-refractivity contribution in [3.05, 3.63) is 12.8 Å². The summed E-state index contributed by atoms with van der Waals surface area (Å²) in [4.78, 5) is 0. The minimum Gasteiger partial charge on any atom is -0.329 e. The van der Waals surface area contributed by atoms with Crippen molar-refractivity contribution >= 4 is 0 Å².